The number of nitrogens with one attached hydrogen (secondary N) is 1. The highest BCUT2D eigenvalue weighted by Gasteiger charge is 2.11. The lowest BCUT2D eigenvalue weighted by molar-refractivity contribution is -0.384. The van der Waals surface area contributed by atoms with E-state index >= 15 is 0 Å². The first kappa shape index (κ1) is 20.3. The number of hydrazone groups is 1. The Morgan fingerprint density at radius 2 is 1.93 bits per heavy atom. The van der Waals surface area contributed by atoms with Crippen LogP contribution in [0.2, 0.25) is 0 Å². The highest BCUT2D eigenvalue weighted by atomic mass is 79.9. The molecule has 8 heteroatoms. The molecule has 29 heavy (non-hydrogen) atoms. The largest absolute Gasteiger partial charge is 0.493 e. The fourth-order valence-corrected chi connectivity index (χ4v) is 3.13. The molecule has 0 atom stereocenters. The molecule has 0 amide bonds. The third-order valence-electron chi connectivity index (χ3n) is 3.94. The molecule has 0 aliphatic heterocycles. The van der Waals surface area contributed by atoms with E-state index in [1.165, 1.54) is 12.1 Å². The minimum absolute atomic E-state index is 0.00506. The summed E-state index contributed by atoms with van der Waals surface area (Å²) in [6.45, 7) is 0.414. The molecule has 0 unspecified atom stereocenters. The Kier molecular flexibility index (Phi) is 6.80. The van der Waals surface area contributed by atoms with Crippen molar-refractivity contribution in [3.8, 4) is 11.5 Å². The quantitative estimate of drug-likeness (QED) is 0.279. The van der Waals surface area contributed by atoms with E-state index in [9.17, 15) is 10.1 Å². The molecular formula is C21H18BrN3O4. The maximum atomic E-state index is 10.8. The van der Waals surface area contributed by atoms with Gasteiger partial charge in [-0.3, -0.25) is 15.5 Å². The number of halogens is 1. The van der Waals surface area contributed by atoms with Crippen LogP contribution in [-0.2, 0) is 6.61 Å². The van der Waals surface area contributed by atoms with Crippen LogP contribution >= 0.6 is 15.9 Å². The maximum absolute atomic E-state index is 10.8. The monoisotopic (exact) mass is 455 g/mol. The number of hydrogen-bond acceptors (Lipinski definition) is 6. The number of non-ortho nitro benzene ring substituents is 1. The van der Waals surface area contributed by atoms with Crippen LogP contribution in [0, 0.1) is 10.1 Å². The van der Waals surface area contributed by atoms with Gasteiger partial charge in [0.05, 0.1) is 28.4 Å². The molecule has 0 saturated carbocycles. The Bertz CT molecular complexity index is 1030. The lowest BCUT2D eigenvalue weighted by atomic mass is 10.2. The van der Waals surface area contributed by atoms with Crippen LogP contribution in [0.25, 0.3) is 0 Å². The van der Waals surface area contributed by atoms with Crippen molar-refractivity contribution >= 4 is 33.5 Å². The molecule has 0 aliphatic rings. The standard InChI is InChI=1S/C21H18BrN3O4/c1-28-20-11-16(13-23-24-17-8-5-9-18(12-17)25(26)27)10-19(22)21(20)29-14-15-6-3-2-4-7-15/h2-13,24H,14H2,1H3. The summed E-state index contributed by atoms with van der Waals surface area (Å²) in [6, 6.07) is 19.6. The van der Waals surface area contributed by atoms with Crippen molar-refractivity contribution in [3.05, 3.63) is 92.4 Å². The topological polar surface area (TPSA) is 86.0 Å². The zero-order valence-electron chi connectivity index (χ0n) is 15.5. The summed E-state index contributed by atoms with van der Waals surface area (Å²) in [5.74, 6) is 1.16. The molecular weight excluding hydrogens is 438 g/mol. The first-order valence-electron chi connectivity index (χ1n) is 8.64. The molecule has 3 aromatic carbocycles. The zero-order chi connectivity index (χ0) is 20.6. The van der Waals surface area contributed by atoms with E-state index in [2.05, 4.69) is 26.5 Å². The Morgan fingerprint density at radius 1 is 1.14 bits per heavy atom. The number of nitro benzene ring substituents is 1. The minimum Gasteiger partial charge on any atom is -0.493 e. The molecule has 0 radical (unpaired) electrons. The van der Waals surface area contributed by atoms with Gasteiger partial charge in [0.15, 0.2) is 11.5 Å². The van der Waals surface area contributed by atoms with Crippen LogP contribution in [0.5, 0.6) is 11.5 Å². The second-order valence-corrected chi connectivity index (χ2v) is 6.84. The number of benzene rings is 3. The highest BCUT2D eigenvalue weighted by molar-refractivity contribution is 9.10. The number of methoxy groups -OCH3 is 1. The number of rotatable bonds is 8. The van der Waals surface area contributed by atoms with Crippen molar-refractivity contribution < 1.29 is 14.4 Å². The summed E-state index contributed by atoms with van der Waals surface area (Å²) >= 11 is 3.51. The molecule has 3 aromatic rings. The van der Waals surface area contributed by atoms with E-state index < -0.39 is 4.92 Å². The summed E-state index contributed by atoms with van der Waals surface area (Å²) in [5.41, 5.74) is 5.11. The van der Waals surface area contributed by atoms with Crippen molar-refractivity contribution in [2.45, 2.75) is 6.61 Å². The van der Waals surface area contributed by atoms with Gasteiger partial charge in [-0.05, 0) is 45.3 Å². The molecule has 0 aliphatic carbocycles. The lowest BCUT2D eigenvalue weighted by Gasteiger charge is -2.13. The Hall–Kier alpha value is -3.39. The average molecular weight is 456 g/mol. The van der Waals surface area contributed by atoms with Gasteiger partial charge in [-0.25, -0.2) is 0 Å². The van der Waals surface area contributed by atoms with Crippen LogP contribution in [0.1, 0.15) is 11.1 Å². The van der Waals surface area contributed by atoms with Crippen molar-refractivity contribution in [1.29, 1.82) is 0 Å². The summed E-state index contributed by atoms with van der Waals surface area (Å²) in [6.07, 6.45) is 1.59. The van der Waals surface area contributed by atoms with Crippen molar-refractivity contribution in [2.75, 3.05) is 12.5 Å². The Balaban J connectivity index is 1.72. The van der Waals surface area contributed by atoms with E-state index in [0.717, 1.165) is 15.6 Å². The summed E-state index contributed by atoms with van der Waals surface area (Å²) in [7, 11) is 1.57. The number of nitrogens with zero attached hydrogens (tertiary/aromatic N) is 2. The molecule has 3 rings (SSSR count). The van der Waals surface area contributed by atoms with Crippen LogP contribution < -0.4 is 14.9 Å². The Morgan fingerprint density at radius 3 is 2.66 bits per heavy atom. The van der Waals surface area contributed by atoms with Crippen molar-refractivity contribution in [2.24, 2.45) is 5.10 Å². The van der Waals surface area contributed by atoms with Gasteiger partial charge >= 0.3 is 0 Å². The molecule has 148 valence electrons. The molecule has 0 saturated heterocycles. The van der Waals surface area contributed by atoms with Crippen LogP contribution in [0.15, 0.2) is 76.3 Å². The molecule has 0 heterocycles. The molecule has 7 nitrogen and oxygen atoms in total. The summed E-state index contributed by atoms with van der Waals surface area (Å²) < 4.78 is 12.1. The van der Waals surface area contributed by atoms with Crippen LogP contribution in [-0.4, -0.2) is 18.2 Å². The number of anilines is 1. The van der Waals surface area contributed by atoms with E-state index in [4.69, 9.17) is 9.47 Å². The third kappa shape index (κ3) is 5.55. The van der Waals surface area contributed by atoms with Crippen molar-refractivity contribution in [1.82, 2.24) is 0 Å². The third-order valence-corrected chi connectivity index (χ3v) is 4.53. The normalized spacial score (nSPS) is 10.7. The SMILES string of the molecule is COc1cc(C=NNc2cccc([N+](=O)[O-])c2)cc(Br)c1OCc1ccccc1. The molecule has 1 N–H and O–H groups in total. The van der Waals surface area contributed by atoms with E-state index in [-0.39, 0.29) is 5.69 Å². The van der Waals surface area contributed by atoms with Gasteiger partial charge in [0.1, 0.15) is 6.61 Å². The van der Waals surface area contributed by atoms with Gasteiger partial charge in [-0.2, -0.15) is 5.10 Å². The van der Waals surface area contributed by atoms with Crippen LogP contribution in [0.4, 0.5) is 11.4 Å². The van der Waals surface area contributed by atoms with Gasteiger partial charge < -0.3 is 9.47 Å². The zero-order valence-corrected chi connectivity index (χ0v) is 17.1. The molecule has 0 aromatic heterocycles. The second kappa shape index (κ2) is 9.70. The van der Waals surface area contributed by atoms with E-state index in [0.29, 0.717) is 23.8 Å². The minimum atomic E-state index is -0.453. The van der Waals surface area contributed by atoms with E-state index in [1.807, 2.05) is 36.4 Å². The van der Waals surface area contributed by atoms with Gasteiger partial charge in [0.25, 0.3) is 5.69 Å². The molecule has 0 fully saturated rings. The van der Waals surface area contributed by atoms with Gasteiger partial charge in [-0.1, -0.05) is 36.4 Å². The van der Waals surface area contributed by atoms with E-state index in [1.54, 1.807) is 31.5 Å². The second-order valence-electron chi connectivity index (χ2n) is 5.99. The summed E-state index contributed by atoms with van der Waals surface area (Å²) in [4.78, 5) is 10.4. The summed E-state index contributed by atoms with van der Waals surface area (Å²) in [5, 5.41) is 15.0. The smallest absolute Gasteiger partial charge is 0.271 e. The van der Waals surface area contributed by atoms with Crippen LogP contribution in [0.3, 0.4) is 0 Å². The lowest BCUT2D eigenvalue weighted by Crippen LogP contribution is -2.00. The highest BCUT2D eigenvalue weighted by Crippen LogP contribution is 2.36. The predicted molar refractivity (Wildman–Crippen MR) is 116 cm³/mol. The fourth-order valence-electron chi connectivity index (χ4n) is 2.55. The van der Waals surface area contributed by atoms with Gasteiger partial charge in [0.2, 0.25) is 0 Å². The number of ether oxygens (including phenoxy) is 2. The predicted octanol–water partition coefficient (Wildman–Crippen LogP) is 5.39. The number of nitro groups is 1. The van der Waals surface area contributed by atoms with Crippen molar-refractivity contribution in [3.63, 3.8) is 0 Å². The van der Waals surface area contributed by atoms with Gasteiger partial charge in [-0.15, -0.1) is 0 Å². The molecule has 0 bridgehead atoms. The Labute approximate surface area is 176 Å². The number of hydrogen-bond donors (Lipinski definition) is 1. The maximum Gasteiger partial charge on any atom is 0.271 e. The molecule has 0 spiro atoms. The first-order valence-corrected chi connectivity index (χ1v) is 9.44. The first-order chi connectivity index (χ1) is 14.1. The average Bonchev–Trinajstić information content (AvgIpc) is 2.73. The van der Waals surface area contributed by atoms with Gasteiger partial charge in [0, 0.05) is 12.1 Å². The fraction of sp³-hybridized carbons (Fsp3) is 0.0952.